The lowest BCUT2D eigenvalue weighted by Gasteiger charge is -2.19. The summed E-state index contributed by atoms with van der Waals surface area (Å²) in [5, 5.41) is 6.31. The van der Waals surface area contributed by atoms with Crippen molar-refractivity contribution >= 4 is 24.2 Å². The Kier molecular flexibility index (Phi) is 6.12. The number of amides is 2. The number of halogens is 1. The first kappa shape index (κ1) is 19.7. The van der Waals surface area contributed by atoms with Gasteiger partial charge in [0.15, 0.2) is 0 Å². The van der Waals surface area contributed by atoms with E-state index in [0.717, 1.165) is 26.2 Å². The number of benzene rings is 1. The van der Waals surface area contributed by atoms with Crippen LogP contribution in [-0.4, -0.2) is 49.4 Å². The van der Waals surface area contributed by atoms with Gasteiger partial charge in [-0.15, -0.1) is 12.4 Å². The summed E-state index contributed by atoms with van der Waals surface area (Å²) in [7, 11) is 0. The number of nitrogens with one attached hydrogen (secondary N) is 2. The second kappa shape index (κ2) is 7.75. The fourth-order valence-electron chi connectivity index (χ4n) is 3.42. The summed E-state index contributed by atoms with van der Waals surface area (Å²) in [4.78, 5) is 26.7. The van der Waals surface area contributed by atoms with Gasteiger partial charge in [0.1, 0.15) is 0 Å². The number of hydrogen-bond donors (Lipinski definition) is 2. The molecule has 0 spiro atoms. The molecule has 2 fully saturated rings. The average molecular weight is 366 g/mol. The van der Waals surface area contributed by atoms with E-state index in [1.165, 1.54) is 0 Å². The van der Waals surface area contributed by atoms with E-state index in [0.29, 0.717) is 29.5 Å². The van der Waals surface area contributed by atoms with E-state index in [1.807, 2.05) is 4.90 Å². The van der Waals surface area contributed by atoms with Gasteiger partial charge in [0, 0.05) is 43.9 Å². The number of carbonyl (C=O) groups excluding carboxylic acids is 2. The average Bonchev–Trinajstić information content (AvgIpc) is 3.13. The number of fused-ring (bicyclic) bond motifs is 1. The molecule has 0 bridgehead atoms. The van der Waals surface area contributed by atoms with Crippen molar-refractivity contribution in [2.75, 3.05) is 32.7 Å². The molecule has 6 heteroatoms. The van der Waals surface area contributed by atoms with Crippen molar-refractivity contribution in [2.45, 2.75) is 20.8 Å². The highest BCUT2D eigenvalue weighted by atomic mass is 35.5. The minimum Gasteiger partial charge on any atom is -0.352 e. The molecule has 2 atom stereocenters. The zero-order valence-electron chi connectivity index (χ0n) is 15.2. The maximum atomic E-state index is 12.6. The highest BCUT2D eigenvalue weighted by Crippen LogP contribution is 2.27. The highest BCUT2D eigenvalue weighted by molar-refractivity contribution is 5.98. The maximum Gasteiger partial charge on any atom is 0.253 e. The Hall–Kier alpha value is -1.59. The topological polar surface area (TPSA) is 61.4 Å². The van der Waals surface area contributed by atoms with E-state index in [1.54, 1.807) is 24.3 Å². The van der Waals surface area contributed by atoms with Crippen LogP contribution in [0.5, 0.6) is 0 Å². The van der Waals surface area contributed by atoms with Gasteiger partial charge in [0.2, 0.25) is 0 Å². The Morgan fingerprint density at radius 3 is 2.12 bits per heavy atom. The van der Waals surface area contributed by atoms with Crippen LogP contribution in [0.15, 0.2) is 24.3 Å². The van der Waals surface area contributed by atoms with E-state index >= 15 is 0 Å². The summed E-state index contributed by atoms with van der Waals surface area (Å²) in [5.74, 6) is 1.17. The van der Waals surface area contributed by atoms with Crippen LogP contribution >= 0.6 is 12.4 Å². The number of nitrogens with zero attached hydrogens (tertiary/aromatic N) is 1. The number of likely N-dealkylation sites (tertiary alicyclic amines) is 1. The largest absolute Gasteiger partial charge is 0.352 e. The summed E-state index contributed by atoms with van der Waals surface area (Å²) < 4.78 is 0. The minimum absolute atomic E-state index is 0. The molecule has 1 aromatic rings. The van der Waals surface area contributed by atoms with Gasteiger partial charge >= 0.3 is 0 Å². The van der Waals surface area contributed by atoms with Crippen molar-refractivity contribution in [3.05, 3.63) is 35.4 Å². The number of carbonyl (C=O) groups is 2. The molecule has 0 saturated carbocycles. The third-order valence-electron chi connectivity index (χ3n) is 4.85. The smallest absolute Gasteiger partial charge is 0.253 e. The molecule has 2 aliphatic heterocycles. The third kappa shape index (κ3) is 4.73. The predicted octanol–water partition coefficient (Wildman–Crippen LogP) is 2.18. The molecule has 1 aromatic carbocycles. The van der Waals surface area contributed by atoms with E-state index in [-0.39, 0.29) is 29.6 Å². The standard InChI is InChI=1S/C19H27N3O2.ClH/c1-19(2,3)12-21-17(23)13-4-6-14(7-5-13)18(24)22-10-15-8-20-9-16(15)11-22;/h4-7,15-16,20H,8-12H2,1-3H3,(H,21,23);1H/t15-,16+;. The van der Waals surface area contributed by atoms with Crippen LogP contribution in [0, 0.1) is 17.3 Å². The molecule has 0 aliphatic carbocycles. The molecule has 2 saturated heterocycles. The van der Waals surface area contributed by atoms with Gasteiger partial charge in [0.05, 0.1) is 0 Å². The zero-order valence-corrected chi connectivity index (χ0v) is 16.0. The van der Waals surface area contributed by atoms with E-state index in [9.17, 15) is 9.59 Å². The summed E-state index contributed by atoms with van der Waals surface area (Å²) >= 11 is 0. The Morgan fingerprint density at radius 2 is 1.60 bits per heavy atom. The first-order chi connectivity index (χ1) is 11.3. The molecule has 2 aliphatic rings. The van der Waals surface area contributed by atoms with E-state index < -0.39 is 0 Å². The van der Waals surface area contributed by atoms with Gasteiger partial charge in [-0.2, -0.15) is 0 Å². The number of hydrogen-bond acceptors (Lipinski definition) is 3. The van der Waals surface area contributed by atoms with Gasteiger partial charge in [-0.3, -0.25) is 9.59 Å². The zero-order chi connectivity index (χ0) is 17.3. The van der Waals surface area contributed by atoms with Gasteiger partial charge in [-0.05, 0) is 41.5 Å². The SMILES string of the molecule is CC(C)(C)CNC(=O)c1ccc(C(=O)N2C[C@H]3CNC[C@H]3C2)cc1.Cl. The van der Waals surface area contributed by atoms with Gasteiger partial charge in [-0.1, -0.05) is 20.8 Å². The highest BCUT2D eigenvalue weighted by Gasteiger charge is 2.38. The summed E-state index contributed by atoms with van der Waals surface area (Å²) in [5.41, 5.74) is 1.31. The molecule has 138 valence electrons. The van der Waals surface area contributed by atoms with Crippen molar-refractivity contribution in [1.29, 1.82) is 0 Å². The fraction of sp³-hybridized carbons (Fsp3) is 0.579. The molecule has 3 rings (SSSR count). The Bertz CT molecular complexity index is 613. The number of rotatable bonds is 3. The molecule has 0 unspecified atom stereocenters. The molecule has 5 nitrogen and oxygen atoms in total. The molecular weight excluding hydrogens is 338 g/mol. The monoisotopic (exact) mass is 365 g/mol. The fourth-order valence-corrected chi connectivity index (χ4v) is 3.42. The van der Waals surface area contributed by atoms with Gasteiger partial charge < -0.3 is 15.5 Å². The normalized spacial score (nSPS) is 22.3. The Morgan fingerprint density at radius 1 is 1.08 bits per heavy atom. The van der Waals surface area contributed by atoms with Crippen LogP contribution in [0.1, 0.15) is 41.5 Å². The second-order valence-electron chi connectivity index (χ2n) is 8.21. The lowest BCUT2D eigenvalue weighted by Crippen LogP contribution is -2.33. The van der Waals surface area contributed by atoms with Crippen molar-refractivity contribution < 1.29 is 9.59 Å². The van der Waals surface area contributed by atoms with Gasteiger partial charge in [0.25, 0.3) is 11.8 Å². The van der Waals surface area contributed by atoms with Crippen molar-refractivity contribution in [1.82, 2.24) is 15.5 Å². The molecule has 0 radical (unpaired) electrons. The van der Waals surface area contributed by atoms with Crippen molar-refractivity contribution in [3.63, 3.8) is 0 Å². The van der Waals surface area contributed by atoms with Crippen LogP contribution < -0.4 is 10.6 Å². The van der Waals surface area contributed by atoms with Crippen LogP contribution in [0.25, 0.3) is 0 Å². The third-order valence-corrected chi connectivity index (χ3v) is 4.85. The van der Waals surface area contributed by atoms with Gasteiger partial charge in [-0.25, -0.2) is 0 Å². The second-order valence-corrected chi connectivity index (χ2v) is 8.21. The minimum atomic E-state index is -0.0919. The Balaban J connectivity index is 0.00000225. The van der Waals surface area contributed by atoms with E-state index in [4.69, 9.17) is 0 Å². The first-order valence-electron chi connectivity index (χ1n) is 8.72. The first-order valence-corrected chi connectivity index (χ1v) is 8.72. The van der Waals surface area contributed by atoms with E-state index in [2.05, 4.69) is 31.4 Å². The molecular formula is C19H28ClN3O2. The van der Waals surface area contributed by atoms with Crippen LogP contribution in [-0.2, 0) is 0 Å². The lowest BCUT2D eigenvalue weighted by molar-refractivity contribution is 0.0781. The molecule has 2 amide bonds. The van der Waals surface area contributed by atoms with Crippen LogP contribution in [0.3, 0.4) is 0 Å². The summed E-state index contributed by atoms with van der Waals surface area (Å²) in [6, 6.07) is 7.01. The van der Waals surface area contributed by atoms with Crippen LogP contribution in [0.2, 0.25) is 0 Å². The summed E-state index contributed by atoms with van der Waals surface area (Å²) in [6.45, 7) is 10.6. The molecule has 2 N–H and O–H groups in total. The quantitative estimate of drug-likeness (QED) is 0.863. The molecule has 25 heavy (non-hydrogen) atoms. The molecule has 2 heterocycles. The van der Waals surface area contributed by atoms with Crippen molar-refractivity contribution in [2.24, 2.45) is 17.3 Å². The maximum absolute atomic E-state index is 12.6. The van der Waals surface area contributed by atoms with Crippen molar-refractivity contribution in [3.8, 4) is 0 Å². The molecule has 0 aromatic heterocycles. The van der Waals surface area contributed by atoms with Crippen LogP contribution in [0.4, 0.5) is 0 Å². The Labute approximate surface area is 155 Å². The summed E-state index contributed by atoms with van der Waals surface area (Å²) in [6.07, 6.45) is 0. The predicted molar refractivity (Wildman–Crippen MR) is 101 cm³/mol. The lowest BCUT2D eigenvalue weighted by atomic mass is 9.97.